The van der Waals surface area contributed by atoms with E-state index in [0.717, 1.165) is 15.6 Å². The minimum Gasteiger partial charge on any atom is -0.489 e. The van der Waals surface area contributed by atoms with Crippen molar-refractivity contribution in [2.24, 2.45) is 0 Å². The molecular formula is C24H20BrN5O3. The molecule has 0 atom stereocenters. The number of halogens is 1. The van der Waals surface area contributed by atoms with Crippen molar-refractivity contribution in [3.63, 3.8) is 0 Å². The van der Waals surface area contributed by atoms with Crippen molar-refractivity contribution in [1.82, 2.24) is 15.0 Å². The first-order valence-corrected chi connectivity index (χ1v) is 10.8. The molecule has 4 rings (SSSR count). The van der Waals surface area contributed by atoms with Gasteiger partial charge < -0.3 is 20.4 Å². The molecule has 2 aromatic carbocycles. The largest absolute Gasteiger partial charge is 0.489 e. The van der Waals surface area contributed by atoms with Gasteiger partial charge in [0.1, 0.15) is 18.1 Å². The summed E-state index contributed by atoms with van der Waals surface area (Å²) in [5.41, 5.74) is 3.15. The Morgan fingerprint density at radius 3 is 2.52 bits per heavy atom. The van der Waals surface area contributed by atoms with Gasteiger partial charge in [-0.3, -0.25) is 14.6 Å². The van der Waals surface area contributed by atoms with E-state index < -0.39 is 11.8 Å². The molecule has 33 heavy (non-hydrogen) atoms. The van der Waals surface area contributed by atoms with E-state index in [9.17, 15) is 9.59 Å². The van der Waals surface area contributed by atoms with E-state index in [1.807, 2.05) is 31.2 Å². The lowest BCUT2D eigenvalue weighted by Gasteiger charge is -2.10. The predicted octanol–water partition coefficient (Wildman–Crippen LogP) is 4.96. The fraction of sp³-hybridized carbons (Fsp3) is 0.0833. The molecule has 9 heteroatoms. The van der Waals surface area contributed by atoms with Crippen LogP contribution in [-0.2, 0) is 6.61 Å². The van der Waals surface area contributed by atoms with Crippen molar-refractivity contribution in [2.45, 2.75) is 13.5 Å². The number of rotatable bonds is 7. The molecule has 4 aromatic rings. The Morgan fingerprint density at radius 2 is 1.76 bits per heavy atom. The predicted molar refractivity (Wildman–Crippen MR) is 128 cm³/mol. The highest BCUT2D eigenvalue weighted by atomic mass is 79.9. The number of hydrogen-bond acceptors (Lipinski definition) is 5. The summed E-state index contributed by atoms with van der Waals surface area (Å²) in [5, 5.41) is 5.56. The van der Waals surface area contributed by atoms with Gasteiger partial charge in [-0.2, -0.15) is 0 Å². The fourth-order valence-electron chi connectivity index (χ4n) is 3.02. The van der Waals surface area contributed by atoms with E-state index in [1.165, 1.54) is 6.33 Å². The molecule has 0 fully saturated rings. The fourth-order valence-corrected chi connectivity index (χ4v) is 3.38. The number of imidazole rings is 1. The molecule has 166 valence electrons. The summed E-state index contributed by atoms with van der Waals surface area (Å²) >= 11 is 3.39. The number of pyridine rings is 1. The number of aryl methyl sites for hydroxylation is 1. The third-order valence-corrected chi connectivity index (χ3v) is 5.29. The lowest BCUT2D eigenvalue weighted by Crippen LogP contribution is -2.20. The second-order valence-corrected chi connectivity index (χ2v) is 8.08. The minimum atomic E-state index is -0.502. The van der Waals surface area contributed by atoms with E-state index >= 15 is 0 Å². The summed E-state index contributed by atoms with van der Waals surface area (Å²) in [7, 11) is 0. The monoisotopic (exact) mass is 505 g/mol. The van der Waals surface area contributed by atoms with Crippen LogP contribution in [0, 0.1) is 6.92 Å². The Bertz CT molecular complexity index is 1270. The van der Waals surface area contributed by atoms with Gasteiger partial charge in [0.05, 0.1) is 6.33 Å². The van der Waals surface area contributed by atoms with Crippen LogP contribution >= 0.6 is 15.9 Å². The number of benzene rings is 2. The van der Waals surface area contributed by atoms with Crippen LogP contribution in [0.5, 0.6) is 5.75 Å². The zero-order valence-electron chi connectivity index (χ0n) is 17.6. The minimum absolute atomic E-state index is 0.00170. The summed E-state index contributed by atoms with van der Waals surface area (Å²) in [6.45, 7) is 2.30. The Labute approximate surface area is 198 Å². The summed E-state index contributed by atoms with van der Waals surface area (Å²) in [6, 6.07) is 16.3. The lowest BCUT2D eigenvalue weighted by atomic mass is 10.2. The van der Waals surface area contributed by atoms with Crippen molar-refractivity contribution >= 4 is 39.1 Å². The Balaban J connectivity index is 1.39. The second-order valence-electron chi connectivity index (χ2n) is 7.16. The smallest absolute Gasteiger partial charge is 0.276 e. The molecule has 0 saturated heterocycles. The standard InChI is InChI=1S/C24H20BrN5O3/c1-15-2-3-17(25)12-20(15)30-24(32)22-21(27-14-28-22)23(31)29-18-4-6-19(7-5-18)33-13-16-8-10-26-11-9-16/h2-12,14H,13H2,1H3,(H,27,28)(H,29,31)(H,30,32). The van der Waals surface area contributed by atoms with Gasteiger partial charge in [-0.05, 0) is 66.6 Å². The van der Waals surface area contributed by atoms with Gasteiger partial charge >= 0.3 is 0 Å². The molecule has 0 aliphatic rings. The number of nitrogens with zero attached hydrogens (tertiary/aromatic N) is 2. The average molecular weight is 506 g/mol. The highest BCUT2D eigenvalue weighted by molar-refractivity contribution is 9.10. The van der Waals surface area contributed by atoms with Crippen LogP contribution in [0.15, 0.2) is 77.8 Å². The molecule has 0 unspecified atom stereocenters. The van der Waals surface area contributed by atoms with Gasteiger partial charge in [0.2, 0.25) is 0 Å². The molecule has 2 heterocycles. The van der Waals surface area contributed by atoms with Gasteiger partial charge in [0.25, 0.3) is 11.8 Å². The SMILES string of the molecule is Cc1ccc(Br)cc1NC(=O)c1[nH]cnc1C(=O)Nc1ccc(OCc2ccncc2)cc1. The third kappa shape index (κ3) is 5.64. The molecule has 0 aliphatic heterocycles. The number of ether oxygens (including phenoxy) is 1. The summed E-state index contributed by atoms with van der Waals surface area (Å²) in [6.07, 6.45) is 4.73. The van der Waals surface area contributed by atoms with Gasteiger partial charge in [-0.15, -0.1) is 0 Å². The van der Waals surface area contributed by atoms with Crippen molar-refractivity contribution in [1.29, 1.82) is 0 Å². The first-order chi connectivity index (χ1) is 16.0. The number of H-pyrrole nitrogens is 1. The Morgan fingerprint density at radius 1 is 1.00 bits per heavy atom. The molecule has 0 bridgehead atoms. The molecule has 2 aromatic heterocycles. The van der Waals surface area contributed by atoms with Crippen LogP contribution in [0.1, 0.15) is 32.1 Å². The van der Waals surface area contributed by atoms with Crippen LogP contribution in [0.4, 0.5) is 11.4 Å². The topological polar surface area (TPSA) is 109 Å². The van der Waals surface area contributed by atoms with Crippen molar-refractivity contribution in [2.75, 3.05) is 10.6 Å². The normalized spacial score (nSPS) is 10.5. The number of nitrogens with one attached hydrogen (secondary N) is 3. The average Bonchev–Trinajstić information content (AvgIpc) is 3.32. The molecule has 3 N–H and O–H groups in total. The highest BCUT2D eigenvalue weighted by Gasteiger charge is 2.21. The van der Waals surface area contributed by atoms with Crippen LogP contribution in [0.25, 0.3) is 0 Å². The third-order valence-electron chi connectivity index (χ3n) is 4.80. The molecular weight excluding hydrogens is 486 g/mol. The van der Waals surface area contributed by atoms with Crippen LogP contribution in [0.2, 0.25) is 0 Å². The quantitative estimate of drug-likeness (QED) is 0.328. The molecule has 0 spiro atoms. The van der Waals surface area contributed by atoms with E-state index in [1.54, 1.807) is 42.7 Å². The molecule has 0 radical (unpaired) electrons. The van der Waals surface area contributed by atoms with Crippen molar-refractivity contribution < 1.29 is 14.3 Å². The van der Waals surface area contributed by atoms with Gasteiger partial charge in [-0.1, -0.05) is 22.0 Å². The molecule has 2 amide bonds. The Hall–Kier alpha value is -3.98. The first-order valence-electron chi connectivity index (χ1n) is 10.0. The van der Waals surface area contributed by atoms with E-state index in [0.29, 0.717) is 23.7 Å². The number of carbonyl (C=O) groups excluding carboxylic acids is 2. The number of anilines is 2. The molecule has 0 saturated carbocycles. The lowest BCUT2D eigenvalue weighted by molar-refractivity contribution is 0.0985. The highest BCUT2D eigenvalue weighted by Crippen LogP contribution is 2.22. The van der Waals surface area contributed by atoms with Gasteiger partial charge in [0, 0.05) is 28.2 Å². The van der Waals surface area contributed by atoms with Crippen LogP contribution in [0.3, 0.4) is 0 Å². The number of carbonyl (C=O) groups is 2. The van der Waals surface area contributed by atoms with Gasteiger partial charge in [0.15, 0.2) is 5.69 Å². The number of hydrogen-bond donors (Lipinski definition) is 3. The number of amides is 2. The number of aromatic amines is 1. The van der Waals surface area contributed by atoms with E-state index in [-0.39, 0.29) is 11.4 Å². The van der Waals surface area contributed by atoms with E-state index in [4.69, 9.17) is 4.74 Å². The number of aromatic nitrogens is 3. The maximum absolute atomic E-state index is 12.8. The molecule has 8 nitrogen and oxygen atoms in total. The first kappa shape index (κ1) is 22.2. The summed E-state index contributed by atoms with van der Waals surface area (Å²) in [4.78, 5) is 36.3. The summed E-state index contributed by atoms with van der Waals surface area (Å²) in [5.74, 6) is -0.300. The van der Waals surface area contributed by atoms with Crippen molar-refractivity contribution in [3.8, 4) is 5.75 Å². The second kappa shape index (κ2) is 10.1. The van der Waals surface area contributed by atoms with E-state index in [2.05, 4.69) is 41.5 Å². The van der Waals surface area contributed by atoms with Gasteiger partial charge in [-0.25, -0.2) is 4.98 Å². The molecule has 0 aliphatic carbocycles. The zero-order chi connectivity index (χ0) is 23.2. The van der Waals surface area contributed by atoms with Crippen LogP contribution < -0.4 is 15.4 Å². The Kier molecular flexibility index (Phi) is 6.80. The summed E-state index contributed by atoms with van der Waals surface area (Å²) < 4.78 is 6.57. The zero-order valence-corrected chi connectivity index (χ0v) is 19.2. The maximum Gasteiger partial charge on any atom is 0.276 e. The van der Waals surface area contributed by atoms with Crippen LogP contribution in [-0.4, -0.2) is 26.8 Å². The van der Waals surface area contributed by atoms with Crippen molar-refractivity contribution in [3.05, 3.63) is 100 Å². The maximum atomic E-state index is 12.8.